The van der Waals surface area contributed by atoms with E-state index < -0.39 is 35.2 Å². The first-order chi connectivity index (χ1) is 12.8. The van der Waals surface area contributed by atoms with E-state index in [9.17, 15) is 23.2 Å². The molecule has 2 aromatic rings. The van der Waals surface area contributed by atoms with E-state index in [-0.39, 0.29) is 9.38 Å². The van der Waals surface area contributed by atoms with Gasteiger partial charge in [-0.15, -0.1) is 0 Å². The van der Waals surface area contributed by atoms with Gasteiger partial charge in [-0.3, -0.25) is 19.3 Å². The van der Waals surface area contributed by atoms with Gasteiger partial charge in [-0.25, -0.2) is 8.78 Å². The number of halogens is 3. The molecule has 27 heavy (non-hydrogen) atoms. The Bertz CT molecular complexity index is 964. The van der Waals surface area contributed by atoms with Gasteiger partial charge in [0, 0.05) is 5.69 Å². The third kappa shape index (κ3) is 4.61. The summed E-state index contributed by atoms with van der Waals surface area (Å²) in [5.41, 5.74) is 0.879. The van der Waals surface area contributed by atoms with Crippen LogP contribution in [0.25, 0.3) is 6.08 Å². The monoisotopic (exact) mass is 452 g/mol. The van der Waals surface area contributed by atoms with E-state index in [1.165, 1.54) is 48.5 Å². The zero-order valence-electron chi connectivity index (χ0n) is 13.5. The van der Waals surface area contributed by atoms with Crippen LogP contribution in [-0.2, 0) is 9.59 Å². The van der Waals surface area contributed by atoms with Crippen molar-refractivity contribution in [2.24, 2.45) is 0 Å². The van der Waals surface area contributed by atoms with Gasteiger partial charge in [-0.2, -0.15) is 0 Å². The number of imide groups is 1. The topological polar surface area (TPSA) is 66.5 Å². The summed E-state index contributed by atoms with van der Waals surface area (Å²) in [4.78, 5) is 37.5. The van der Waals surface area contributed by atoms with E-state index in [1.807, 2.05) is 0 Å². The number of carbonyl (C=O) groups excluding carboxylic acids is 3. The van der Waals surface area contributed by atoms with Crippen LogP contribution in [0.5, 0.6) is 0 Å². The maximum atomic E-state index is 13.3. The molecule has 2 aromatic carbocycles. The molecular weight excluding hydrogens is 442 g/mol. The molecule has 0 radical (unpaired) electrons. The minimum absolute atomic E-state index is 0.132. The maximum Gasteiger partial charge on any atom is 0.294 e. The Balaban J connectivity index is 1.70. The highest BCUT2D eigenvalue weighted by molar-refractivity contribution is 9.10. The molecule has 3 rings (SSSR count). The largest absolute Gasteiger partial charge is 0.325 e. The fourth-order valence-corrected chi connectivity index (χ4v) is 3.50. The van der Waals surface area contributed by atoms with Gasteiger partial charge >= 0.3 is 0 Å². The highest BCUT2D eigenvalue weighted by Gasteiger charge is 2.36. The van der Waals surface area contributed by atoms with Crippen LogP contribution in [-0.4, -0.2) is 28.5 Å². The molecule has 1 aliphatic heterocycles. The molecule has 1 aliphatic rings. The molecule has 1 heterocycles. The normalized spacial score (nSPS) is 15.5. The predicted octanol–water partition coefficient (Wildman–Crippen LogP) is 4.40. The Hall–Kier alpha value is -2.52. The van der Waals surface area contributed by atoms with Crippen LogP contribution in [0, 0.1) is 11.6 Å². The summed E-state index contributed by atoms with van der Waals surface area (Å²) in [5.74, 6) is -2.09. The van der Waals surface area contributed by atoms with Crippen molar-refractivity contribution in [1.82, 2.24) is 4.90 Å². The number of nitrogens with one attached hydrogen (secondary N) is 1. The van der Waals surface area contributed by atoms with E-state index >= 15 is 0 Å². The molecule has 0 saturated carbocycles. The molecule has 3 amide bonds. The van der Waals surface area contributed by atoms with Crippen LogP contribution in [0.15, 0.2) is 51.8 Å². The van der Waals surface area contributed by atoms with Gasteiger partial charge in [0.2, 0.25) is 5.91 Å². The number of rotatable bonds is 4. The van der Waals surface area contributed by atoms with E-state index in [2.05, 4.69) is 21.2 Å². The Kier molecular flexibility index (Phi) is 5.71. The number of nitrogens with zero attached hydrogens (tertiary/aromatic N) is 1. The summed E-state index contributed by atoms with van der Waals surface area (Å²) >= 11 is 3.75. The molecule has 1 N–H and O–H groups in total. The Morgan fingerprint density at radius 2 is 1.85 bits per heavy atom. The number of benzene rings is 2. The SMILES string of the molecule is O=C(CN1C(=O)SC(=Cc2ccc(F)c(Br)c2)C1=O)Nc1ccc(F)cc1. The highest BCUT2D eigenvalue weighted by atomic mass is 79.9. The van der Waals surface area contributed by atoms with Crippen LogP contribution in [0.4, 0.5) is 19.3 Å². The number of thioether (sulfide) groups is 1. The molecular formula is C18H11BrF2N2O3S. The van der Waals surface area contributed by atoms with Gasteiger partial charge in [-0.1, -0.05) is 6.07 Å². The van der Waals surface area contributed by atoms with Crippen molar-refractivity contribution >= 4 is 56.5 Å². The molecule has 1 saturated heterocycles. The Morgan fingerprint density at radius 1 is 1.15 bits per heavy atom. The average molecular weight is 453 g/mol. The number of amides is 3. The molecule has 0 unspecified atom stereocenters. The van der Waals surface area contributed by atoms with Crippen LogP contribution >= 0.6 is 27.7 Å². The third-order valence-corrected chi connectivity index (χ3v) is 5.06. The Morgan fingerprint density at radius 3 is 2.52 bits per heavy atom. The molecule has 0 spiro atoms. The van der Waals surface area contributed by atoms with E-state index in [0.717, 1.165) is 4.90 Å². The number of hydrogen-bond donors (Lipinski definition) is 1. The molecule has 138 valence electrons. The lowest BCUT2D eigenvalue weighted by Crippen LogP contribution is -2.36. The van der Waals surface area contributed by atoms with Crippen molar-refractivity contribution in [2.75, 3.05) is 11.9 Å². The summed E-state index contributed by atoms with van der Waals surface area (Å²) in [7, 11) is 0. The van der Waals surface area contributed by atoms with Crippen molar-refractivity contribution in [3.8, 4) is 0 Å². The quantitative estimate of drug-likeness (QED) is 0.698. The minimum Gasteiger partial charge on any atom is -0.325 e. The summed E-state index contributed by atoms with van der Waals surface area (Å²) < 4.78 is 26.4. The smallest absolute Gasteiger partial charge is 0.294 e. The van der Waals surface area contributed by atoms with Gasteiger partial charge in [0.15, 0.2) is 0 Å². The molecule has 9 heteroatoms. The first-order valence-electron chi connectivity index (χ1n) is 7.59. The van der Waals surface area contributed by atoms with Gasteiger partial charge in [0.1, 0.15) is 18.2 Å². The zero-order valence-corrected chi connectivity index (χ0v) is 15.9. The van der Waals surface area contributed by atoms with E-state index in [0.29, 0.717) is 23.0 Å². The molecule has 0 atom stereocenters. The number of anilines is 1. The van der Waals surface area contributed by atoms with E-state index in [4.69, 9.17) is 0 Å². The summed E-state index contributed by atoms with van der Waals surface area (Å²) in [6, 6.07) is 9.27. The lowest BCUT2D eigenvalue weighted by molar-refractivity contribution is -0.127. The van der Waals surface area contributed by atoms with Crippen molar-refractivity contribution in [3.63, 3.8) is 0 Å². The first-order valence-corrected chi connectivity index (χ1v) is 9.20. The fraction of sp³-hybridized carbons (Fsp3) is 0.0556. The number of carbonyl (C=O) groups is 3. The van der Waals surface area contributed by atoms with Crippen LogP contribution in [0.3, 0.4) is 0 Å². The second-order valence-electron chi connectivity index (χ2n) is 5.50. The fourth-order valence-electron chi connectivity index (χ4n) is 2.27. The van der Waals surface area contributed by atoms with Crippen molar-refractivity contribution in [1.29, 1.82) is 0 Å². The van der Waals surface area contributed by atoms with Gasteiger partial charge in [-0.05, 0) is 75.7 Å². The van der Waals surface area contributed by atoms with Gasteiger partial charge < -0.3 is 5.32 Å². The zero-order chi connectivity index (χ0) is 19.6. The average Bonchev–Trinajstić information content (AvgIpc) is 2.87. The highest BCUT2D eigenvalue weighted by Crippen LogP contribution is 2.32. The minimum atomic E-state index is -0.611. The summed E-state index contributed by atoms with van der Waals surface area (Å²) in [6.45, 7) is -0.466. The third-order valence-electron chi connectivity index (χ3n) is 3.54. The summed E-state index contributed by atoms with van der Waals surface area (Å²) in [5, 5.41) is 1.91. The second-order valence-corrected chi connectivity index (χ2v) is 7.34. The summed E-state index contributed by atoms with van der Waals surface area (Å²) in [6.07, 6.45) is 1.45. The molecule has 0 bridgehead atoms. The first kappa shape index (κ1) is 19.2. The van der Waals surface area contributed by atoms with Crippen LogP contribution in [0.1, 0.15) is 5.56 Å². The number of hydrogen-bond acceptors (Lipinski definition) is 4. The standard InChI is InChI=1S/C18H11BrF2N2O3S/c19-13-7-10(1-6-14(13)21)8-15-17(25)23(18(26)27-15)9-16(24)22-12-4-2-11(20)3-5-12/h1-8H,9H2,(H,22,24). The van der Waals surface area contributed by atoms with E-state index in [1.54, 1.807) is 0 Å². The van der Waals surface area contributed by atoms with Crippen molar-refractivity contribution < 1.29 is 23.2 Å². The molecule has 5 nitrogen and oxygen atoms in total. The van der Waals surface area contributed by atoms with Gasteiger partial charge in [0.05, 0.1) is 9.38 Å². The van der Waals surface area contributed by atoms with Gasteiger partial charge in [0.25, 0.3) is 11.1 Å². The van der Waals surface area contributed by atoms with Crippen LogP contribution < -0.4 is 5.32 Å². The van der Waals surface area contributed by atoms with Crippen molar-refractivity contribution in [3.05, 3.63) is 69.0 Å². The molecule has 1 fully saturated rings. The lowest BCUT2D eigenvalue weighted by atomic mass is 10.2. The molecule has 0 aliphatic carbocycles. The lowest BCUT2D eigenvalue weighted by Gasteiger charge is -2.12. The van der Waals surface area contributed by atoms with Crippen LogP contribution in [0.2, 0.25) is 0 Å². The maximum absolute atomic E-state index is 13.3. The second kappa shape index (κ2) is 8.01. The molecule has 0 aromatic heterocycles. The van der Waals surface area contributed by atoms with Crippen molar-refractivity contribution in [2.45, 2.75) is 0 Å². The predicted molar refractivity (Wildman–Crippen MR) is 102 cm³/mol. The Labute approximate surface area is 165 Å².